The van der Waals surface area contributed by atoms with Crippen LogP contribution in [0.4, 0.5) is 0 Å². The second-order valence-corrected chi connectivity index (χ2v) is 6.81. The number of benzene rings is 2. The van der Waals surface area contributed by atoms with Crippen molar-refractivity contribution >= 4 is 17.4 Å². The molecule has 0 bridgehead atoms. The van der Waals surface area contributed by atoms with Gasteiger partial charge in [0.15, 0.2) is 5.78 Å². The van der Waals surface area contributed by atoms with Crippen molar-refractivity contribution in [2.45, 2.75) is 12.3 Å². The summed E-state index contributed by atoms with van der Waals surface area (Å²) in [5.41, 5.74) is 4.08. The maximum atomic E-state index is 13.4. The Morgan fingerprint density at radius 2 is 1.63 bits per heavy atom. The number of aliphatic carboxylic acids is 1. The normalized spacial score (nSPS) is 17.6. The number of nitrogens with zero attached hydrogens (tertiary/aromatic N) is 1. The molecule has 5 nitrogen and oxygen atoms in total. The largest absolute Gasteiger partial charge is 0.480 e. The summed E-state index contributed by atoms with van der Waals surface area (Å²) in [7, 11) is 0. The van der Waals surface area contributed by atoms with E-state index in [2.05, 4.69) is 4.90 Å². The van der Waals surface area contributed by atoms with Crippen LogP contribution >= 0.6 is 0 Å². The molecule has 1 saturated heterocycles. The molecular weight excluding hydrogens is 342 g/mol. The third-order valence-electron chi connectivity index (χ3n) is 5.19. The molecule has 27 heavy (non-hydrogen) atoms. The summed E-state index contributed by atoms with van der Waals surface area (Å²) in [6.45, 7) is 2.61. The van der Waals surface area contributed by atoms with Crippen LogP contribution in [0, 0.1) is 0 Å². The summed E-state index contributed by atoms with van der Waals surface area (Å²) >= 11 is 0. The summed E-state index contributed by atoms with van der Waals surface area (Å²) in [4.78, 5) is 27.5. The van der Waals surface area contributed by atoms with E-state index in [1.54, 1.807) is 24.3 Å². The first kappa shape index (κ1) is 17.5. The molecule has 0 radical (unpaired) electrons. The van der Waals surface area contributed by atoms with Gasteiger partial charge in [-0.1, -0.05) is 54.6 Å². The Hall–Kier alpha value is -2.92. The zero-order chi connectivity index (χ0) is 18.8. The Balaban J connectivity index is 1.79. The molecule has 0 saturated carbocycles. The standard InChI is InChI=1S/C22H21NO4/c24-21(19(22(25)26)15-6-2-1-3-7-15)18-14-16-8-4-5-9-17(16)20(18)23-10-12-27-13-11-23/h1-9,19H,10-14H2,(H,25,26). The van der Waals surface area contributed by atoms with Crippen molar-refractivity contribution in [1.82, 2.24) is 4.90 Å². The number of allylic oxidation sites excluding steroid dienone is 1. The van der Waals surface area contributed by atoms with Crippen LogP contribution in [0.1, 0.15) is 22.6 Å². The fourth-order valence-electron chi connectivity index (χ4n) is 3.92. The van der Waals surface area contributed by atoms with Gasteiger partial charge in [-0.15, -0.1) is 0 Å². The maximum Gasteiger partial charge on any atom is 0.318 e. The maximum absolute atomic E-state index is 13.4. The van der Waals surface area contributed by atoms with Crippen molar-refractivity contribution in [3.05, 3.63) is 76.9 Å². The van der Waals surface area contributed by atoms with Crippen molar-refractivity contribution in [2.75, 3.05) is 26.3 Å². The van der Waals surface area contributed by atoms with Crippen molar-refractivity contribution in [3.8, 4) is 0 Å². The van der Waals surface area contributed by atoms with E-state index in [1.165, 1.54) is 0 Å². The van der Waals surface area contributed by atoms with Crippen molar-refractivity contribution in [2.24, 2.45) is 0 Å². The minimum absolute atomic E-state index is 0.327. The van der Waals surface area contributed by atoms with Crippen molar-refractivity contribution in [1.29, 1.82) is 0 Å². The number of morpholine rings is 1. The highest BCUT2D eigenvalue weighted by Gasteiger charge is 2.37. The zero-order valence-corrected chi connectivity index (χ0v) is 14.9. The summed E-state index contributed by atoms with van der Waals surface area (Å²) in [5.74, 6) is -2.63. The predicted molar refractivity (Wildman–Crippen MR) is 101 cm³/mol. The number of carbonyl (C=O) groups is 2. The summed E-state index contributed by atoms with van der Waals surface area (Å²) < 4.78 is 5.45. The average Bonchev–Trinajstić information content (AvgIpc) is 3.09. The number of Topliss-reactive ketones (excluding diaryl/α,β-unsaturated/α-hetero) is 1. The third kappa shape index (κ3) is 3.26. The Bertz CT molecular complexity index is 898. The van der Waals surface area contributed by atoms with E-state index in [-0.39, 0.29) is 5.78 Å². The lowest BCUT2D eigenvalue weighted by atomic mass is 9.89. The van der Waals surface area contributed by atoms with Gasteiger partial charge >= 0.3 is 5.97 Å². The predicted octanol–water partition coefficient (Wildman–Crippen LogP) is 2.72. The first-order valence-electron chi connectivity index (χ1n) is 9.13. The topological polar surface area (TPSA) is 66.8 Å². The zero-order valence-electron chi connectivity index (χ0n) is 14.9. The molecule has 4 rings (SSSR count). The minimum Gasteiger partial charge on any atom is -0.480 e. The van der Waals surface area contributed by atoms with E-state index >= 15 is 0 Å². The average molecular weight is 363 g/mol. The molecule has 1 aliphatic heterocycles. The lowest BCUT2D eigenvalue weighted by Gasteiger charge is -2.31. The van der Waals surface area contributed by atoms with Crippen LogP contribution in [0.2, 0.25) is 0 Å². The van der Waals surface area contributed by atoms with Crippen LogP contribution in [0.15, 0.2) is 60.2 Å². The molecule has 2 aromatic carbocycles. The lowest BCUT2D eigenvalue weighted by molar-refractivity contribution is -0.141. The van der Waals surface area contributed by atoms with Crippen molar-refractivity contribution in [3.63, 3.8) is 0 Å². The Morgan fingerprint density at radius 3 is 2.33 bits per heavy atom. The number of carboxylic acid groups (broad SMARTS) is 1. The number of rotatable bonds is 5. The van der Waals surface area contributed by atoms with E-state index in [0.29, 0.717) is 43.9 Å². The van der Waals surface area contributed by atoms with Gasteiger partial charge in [0.2, 0.25) is 0 Å². The summed E-state index contributed by atoms with van der Waals surface area (Å²) in [6, 6.07) is 16.7. The Kier molecular flexibility index (Phi) is 4.77. The van der Waals surface area contributed by atoms with E-state index in [1.807, 2.05) is 30.3 Å². The van der Waals surface area contributed by atoms with E-state index < -0.39 is 11.9 Å². The summed E-state index contributed by atoms with van der Waals surface area (Å²) in [5, 5.41) is 9.79. The fourth-order valence-corrected chi connectivity index (χ4v) is 3.92. The third-order valence-corrected chi connectivity index (χ3v) is 5.19. The molecule has 5 heteroatoms. The SMILES string of the molecule is O=C(O)C(C(=O)C1=C(N2CCOCC2)c2ccccc2C1)c1ccccc1. The van der Waals surface area contributed by atoms with Crippen molar-refractivity contribution < 1.29 is 19.4 Å². The first-order chi connectivity index (χ1) is 13.2. The Labute approximate surface area is 157 Å². The monoisotopic (exact) mass is 363 g/mol. The molecule has 0 spiro atoms. The van der Waals surface area contributed by atoms with Crippen LogP contribution in [-0.2, 0) is 20.7 Å². The molecule has 1 unspecified atom stereocenters. The molecule has 1 atom stereocenters. The number of hydrogen-bond acceptors (Lipinski definition) is 4. The molecule has 1 fully saturated rings. The summed E-state index contributed by atoms with van der Waals surface area (Å²) in [6.07, 6.45) is 0.471. The number of hydrogen-bond donors (Lipinski definition) is 1. The quantitative estimate of drug-likeness (QED) is 0.828. The van der Waals surface area contributed by atoms with Crippen LogP contribution in [-0.4, -0.2) is 48.1 Å². The molecule has 0 amide bonds. The number of carbonyl (C=O) groups excluding carboxylic acids is 1. The number of ether oxygens (including phenoxy) is 1. The van der Waals surface area contributed by atoms with Gasteiger partial charge in [-0.25, -0.2) is 0 Å². The van der Waals surface area contributed by atoms with E-state index in [0.717, 1.165) is 16.8 Å². The van der Waals surface area contributed by atoms with Crippen LogP contribution < -0.4 is 0 Å². The smallest absolute Gasteiger partial charge is 0.318 e. The van der Waals surface area contributed by atoms with Gasteiger partial charge in [-0.3, -0.25) is 9.59 Å². The van der Waals surface area contributed by atoms with Gasteiger partial charge < -0.3 is 14.7 Å². The van der Waals surface area contributed by atoms with Crippen LogP contribution in [0.5, 0.6) is 0 Å². The van der Waals surface area contributed by atoms with E-state index in [4.69, 9.17) is 4.74 Å². The second-order valence-electron chi connectivity index (χ2n) is 6.81. The first-order valence-corrected chi connectivity index (χ1v) is 9.13. The lowest BCUT2D eigenvalue weighted by Crippen LogP contribution is -2.36. The highest BCUT2D eigenvalue weighted by Crippen LogP contribution is 2.38. The molecule has 2 aliphatic rings. The molecule has 1 heterocycles. The van der Waals surface area contributed by atoms with Gasteiger partial charge in [0.1, 0.15) is 5.92 Å². The molecule has 2 aromatic rings. The van der Waals surface area contributed by atoms with E-state index in [9.17, 15) is 14.7 Å². The number of fused-ring (bicyclic) bond motifs is 1. The van der Waals surface area contributed by atoms with Crippen LogP contribution in [0.3, 0.4) is 0 Å². The second kappa shape index (κ2) is 7.37. The number of carboxylic acids is 1. The van der Waals surface area contributed by atoms with Gasteiger partial charge in [0.05, 0.1) is 18.9 Å². The molecular formula is C22H21NO4. The molecule has 138 valence electrons. The molecule has 1 N–H and O–H groups in total. The minimum atomic E-state index is -1.19. The van der Waals surface area contributed by atoms with Gasteiger partial charge in [-0.05, 0) is 11.1 Å². The van der Waals surface area contributed by atoms with Gasteiger partial charge in [-0.2, -0.15) is 0 Å². The highest BCUT2D eigenvalue weighted by atomic mass is 16.5. The fraction of sp³-hybridized carbons (Fsp3) is 0.273. The Morgan fingerprint density at radius 1 is 0.963 bits per heavy atom. The van der Waals surface area contributed by atoms with Crippen LogP contribution in [0.25, 0.3) is 5.70 Å². The highest BCUT2D eigenvalue weighted by molar-refractivity contribution is 6.16. The van der Waals surface area contributed by atoms with Gasteiger partial charge in [0, 0.05) is 30.6 Å². The molecule has 1 aliphatic carbocycles. The molecule has 0 aromatic heterocycles. The number of ketones is 1. The van der Waals surface area contributed by atoms with Gasteiger partial charge in [0.25, 0.3) is 0 Å².